The minimum absolute atomic E-state index is 0.0374. The van der Waals surface area contributed by atoms with Gasteiger partial charge in [0.15, 0.2) is 5.78 Å². The predicted octanol–water partition coefficient (Wildman–Crippen LogP) is 5.14. The number of hydrogen-bond donors (Lipinski definition) is 0. The highest BCUT2D eigenvalue weighted by Gasteiger charge is 2.19. The van der Waals surface area contributed by atoms with Crippen LogP contribution in [-0.4, -0.2) is 5.78 Å². The molecule has 0 unspecified atom stereocenters. The molecule has 0 amide bonds. The summed E-state index contributed by atoms with van der Waals surface area (Å²) in [6.07, 6.45) is 0.896. The first-order chi connectivity index (χ1) is 10.7. The van der Waals surface area contributed by atoms with Gasteiger partial charge in [-0.15, -0.1) is 0 Å². The molecule has 22 heavy (non-hydrogen) atoms. The Hall–Kier alpha value is -2.38. The van der Waals surface area contributed by atoms with E-state index in [1.807, 2.05) is 12.1 Å². The van der Waals surface area contributed by atoms with Crippen LogP contribution in [0.1, 0.15) is 27.0 Å². The largest absolute Gasteiger partial charge is 0.289 e. The van der Waals surface area contributed by atoms with Crippen molar-refractivity contribution in [1.82, 2.24) is 0 Å². The van der Waals surface area contributed by atoms with E-state index in [0.717, 1.165) is 12.0 Å². The number of carbonyl (C=O) groups excluding carboxylic acids is 1. The molecule has 0 bridgehead atoms. The number of rotatable bonds is 2. The van der Waals surface area contributed by atoms with Gasteiger partial charge in [0, 0.05) is 16.1 Å². The van der Waals surface area contributed by atoms with Crippen molar-refractivity contribution in [1.29, 1.82) is 0 Å². The van der Waals surface area contributed by atoms with Gasteiger partial charge in [-0.3, -0.25) is 4.79 Å². The van der Waals surface area contributed by atoms with Crippen molar-refractivity contribution in [2.75, 3.05) is 0 Å². The van der Waals surface area contributed by atoms with E-state index in [1.165, 1.54) is 22.3 Å². The molecule has 0 radical (unpaired) electrons. The van der Waals surface area contributed by atoms with E-state index < -0.39 is 0 Å². The van der Waals surface area contributed by atoms with Crippen LogP contribution < -0.4 is 0 Å². The Bertz CT molecular complexity index is 878. The molecule has 0 heterocycles. The maximum atomic E-state index is 12.6. The quantitative estimate of drug-likeness (QED) is 0.468. The molecule has 0 spiro atoms. The summed E-state index contributed by atoms with van der Waals surface area (Å²) in [6.45, 7) is 0. The van der Waals surface area contributed by atoms with Gasteiger partial charge in [0.1, 0.15) is 0 Å². The highest BCUT2D eigenvalue weighted by atomic mass is 35.5. The molecular weight excluding hydrogens is 292 g/mol. The van der Waals surface area contributed by atoms with E-state index in [4.69, 9.17) is 11.6 Å². The summed E-state index contributed by atoms with van der Waals surface area (Å²) >= 11 is 5.88. The van der Waals surface area contributed by atoms with Crippen molar-refractivity contribution in [2.45, 2.75) is 6.42 Å². The molecule has 1 aliphatic carbocycles. The Kier molecular flexibility index (Phi) is 3.09. The molecule has 0 aliphatic heterocycles. The average Bonchev–Trinajstić information content (AvgIpc) is 2.92. The Morgan fingerprint density at radius 3 is 2.27 bits per heavy atom. The Morgan fingerprint density at radius 1 is 0.773 bits per heavy atom. The van der Waals surface area contributed by atoms with Gasteiger partial charge >= 0.3 is 0 Å². The van der Waals surface area contributed by atoms with Crippen molar-refractivity contribution in [3.05, 3.63) is 94.0 Å². The first-order valence-corrected chi connectivity index (χ1v) is 7.61. The number of carbonyl (C=O) groups is 1. The molecule has 0 aromatic heterocycles. The van der Waals surface area contributed by atoms with Crippen molar-refractivity contribution < 1.29 is 4.79 Å². The molecule has 0 saturated carbocycles. The molecule has 0 fully saturated rings. The fraction of sp³-hybridized carbons (Fsp3) is 0.0500. The van der Waals surface area contributed by atoms with E-state index in [1.54, 1.807) is 24.3 Å². The molecule has 106 valence electrons. The second kappa shape index (κ2) is 5.11. The average molecular weight is 305 g/mol. The summed E-state index contributed by atoms with van der Waals surface area (Å²) in [5, 5.41) is 0.640. The fourth-order valence-corrected chi connectivity index (χ4v) is 3.18. The number of benzene rings is 3. The zero-order valence-corrected chi connectivity index (χ0v) is 12.6. The van der Waals surface area contributed by atoms with Crippen molar-refractivity contribution in [3.63, 3.8) is 0 Å². The number of fused-ring (bicyclic) bond motifs is 3. The van der Waals surface area contributed by atoms with Crippen LogP contribution in [0.5, 0.6) is 0 Å². The summed E-state index contributed by atoms with van der Waals surface area (Å²) in [6, 6.07) is 21.4. The number of hydrogen-bond acceptors (Lipinski definition) is 1. The monoisotopic (exact) mass is 304 g/mol. The normalized spacial score (nSPS) is 11.9. The summed E-state index contributed by atoms with van der Waals surface area (Å²) in [5.41, 5.74) is 6.47. The van der Waals surface area contributed by atoms with Gasteiger partial charge in [0.25, 0.3) is 0 Å². The number of ketones is 1. The molecule has 0 atom stereocenters. The second-order valence-electron chi connectivity index (χ2n) is 5.54. The standard InChI is InChI=1S/C20H13ClO/c21-17-8-5-13(6-9-17)20(22)15-7-10-19-16(12-15)11-14-3-1-2-4-18(14)19/h1-10,12H,11H2. The zero-order chi connectivity index (χ0) is 15.1. The van der Waals surface area contributed by atoms with Gasteiger partial charge in [-0.2, -0.15) is 0 Å². The molecular formula is C20H13ClO. The zero-order valence-electron chi connectivity index (χ0n) is 11.8. The van der Waals surface area contributed by atoms with Crippen molar-refractivity contribution >= 4 is 17.4 Å². The van der Waals surface area contributed by atoms with Crippen LogP contribution in [0.25, 0.3) is 11.1 Å². The van der Waals surface area contributed by atoms with Gasteiger partial charge in [-0.05, 0) is 59.0 Å². The first-order valence-electron chi connectivity index (χ1n) is 7.24. The number of halogens is 1. The summed E-state index contributed by atoms with van der Waals surface area (Å²) in [5.74, 6) is 0.0374. The van der Waals surface area contributed by atoms with E-state index in [2.05, 4.69) is 30.3 Å². The lowest BCUT2D eigenvalue weighted by atomic mass is 9.98. The third-order valence-electron chi connectivity index (χ3n) is 4.16. The second-order valence-corrected chi connectivity index (χ2v) is 5.98. The highest BCUT2D eigenvalue weighted by molar-refractivity contribution is 6.30. The lowest BCUT2D eigenvalue weighted by Gasteiger charge is -2.05. The molecule has 0 saturated heterocycles. The van der Waals surface area contributed by atoms with Crippen LogP contribution in [0, 0.1) is 0 Å². The van der Waals surface area contributed by atoms with Crippen LogP contribution in [0.2, 0.25) is 5.02 Å². The van der Waals surface area contributed by atoms with E-state index >= 15 is 0 Å². The van der Waals surface area contributed by atoms with Crippen LogP contribution in [0.15, 0.2) is 66.7 Å². The van der Waals surface area contributed by atoms with E-state index in [0.29, 0.717) is 10.6 Å². The van der Waals surface area contributed by atoms with Crippen molar-refractivity contribution in [3.8, 4) is 11.1 Å². The van der Waals surface area contributed by atoms with Gasteiger partial charge in [0.2, 0.25) is 0 Å². The van der Waals surface area contributed by atoms with E-state index in [-0.39, 0.29) is 5.78 Å². The van der Waals surface area contributed by atoms with Gasteiger partial charge in [0.05, 0.1) is 0 Å². The maximum Gasteiger partial charge on any atom is 0.193 e. The third-order valence-corrected chi connectivity index (χ3v) is 4.41. The lowest BCUT2D eigenvalue weighted by Crippen LogP contribution is -2.01. The van der Waals surface area contributed by atoms with Crippen LogP contribution in [0.3, 0.4) is 0 Å². The van der Waals surface area contributed by atoms with Crippen LogP contribution >= 0.6 is 11.6 Å². The van der Waals surface area contributed by atoms with Crippen LogP contribution in [0.4, 0.5) is 0 Å². The molecule has 3 aromatic rings. The Balaban J connectivity index is 1.73. The van der Waals surface area contributed by atoms with Gasteiger partial charge in [-0.25, -0.2) is 0 Å². The molecule has 2 heteroatoms. The minimum atomic E-state index is 0.0374. The molecule has 1 nitrogen and oxygen atoms in total. The summed E-state index contributed by atoms with van der Waals surface area (Å²) in [7, 11) is 0. The minimum Gasteiger partial charge on any atom is -0.289 e. The predicted molar refractivity (Wildman–Crippen MR) is 89.6 cm³/mol. The van der Waals surface area contributed by atoms with Gasteiger partial charge < -0.3 is 0 Å². The fourth-order valence-electron chi connectivity index (χ4n) is 3.05. The Labute approximate surface area is 134 Å². The lowest BCUT2D eigenvalue weighted by molar-refractivity contribution is 0.103. The SMILES string of the molecule is O=C(c1ccc(Cl)cc1)c1ccc2c(c1)Cc1ccccc1-2. The van der Waals surface area contributed by atoms with Crippen LogP contribution in [-0.2, 0) is 6.42 Å². The topological polar surface area (TPSA) is 17.1 Å². The summed E-state index contributed by atoms with van der Waals surface area (Å²) < 4.78 is 0. The molecule has 1 aliphatic rings. The molecule has 4 rings (SSSR count). The Morgan fingerprint density at radius 2 is 1.45 bits per heavy atom. The van der Waals surface area contributed by atoms with Gasteiger partial charge in [-0.1, -0.05) is 48.0 Å². The maximum absolute atomic E-state index is 12.6. The molecule has 3 aromatic carbocycles. The van der Waals surface area contributed by atoms with Crippen molar-refractivity contribution in [2.24, 2.45) is 0 Å². The van der Waals surface area contributed by atoms with E-state index in [9.17, 15) is 4.79 Å². The third kappa shape index (κ3) is 2.15. The first kappa shape index (κ1) is 13.3. The molecule has 0 N–H and O–H groups in total. The summed E-state index contributed by atoms with van der Waals surface area (Å²) in [4.78, 5) is 12.6. The smallest absolute Gasteiger partial charge is 0.193 e. The highest BCUT2D eigenvalue weighted by Crippen LogP contribution is 2.36.